The Labute approximate surface area is 185 Å². The second-order valence-electron chi connectivity index (χ2n) is 6.30. The van der Waals surface area contributed by atoms with Crippen LogP contribution in [0.15, 0.2) is 47.4 Å². The van der Waals surface area contributed by atoms with E-state index in [0.717, 1.165) is 0 Å². The molecule has 0 saturated heterocycles. The molecule has 0 saturated carbocycles. The summed E-state index contributed by atoms with van der Waals surface area (Å²) in [7, 11) is -0.860. The molecular formula is C20H23ClN2O7S. The molecule has 9 nitrogen and oxygen atoms in total. The predicted molar refractivity (Wildman–Crippen MR) is 115 cm³/mol. The summed E-state index contributed by atoms with van der Waals surface area (Å²) in [6.07, 6.45) is -1.35. The topological polar surface area (TPSA) is 120 Å². The second-order valence-corrected chi connectivity index (χ2v) is 8.50. The summed E-state index contributed by atoms with van der Waals surface area (Å²) in [5.74, 6) is -0.360. The van der Waals surface area contributed by atoms with E-state index >= 15 is 0 Å². The lowest BCUT2D eigenvalue weighted by atomic mass is 10.2. The van der Waals surface area contributed by atoms with Crippen molar-refractivity contribution in [3.8, 4) is 11.5 Å². The molecule has 0 bridgehead atoms. The summed E-state index contributed by atoms with van der Waals surface area (Å²) in [5.41, 5.74) is 0.430. The number of hydrogen-bond donors (Lipinski definition) is 2. The van der Waals surface area contributed by atoms with Crippen LogP contribution in [-0.2, 0) is 24.3 Å². The van der Waals surface area contributed by atoms with Gasteiger partial charge in [0.25, 0.3) is 5.91 Å². The van der Waals surface area contributed by atoms with E-state index in [1.54, 1.807) is 24.3 Å². The minimum Gasteiger partial charge on any atom is -0.493 e. The number of sulfonamides is 1. The van der Waals surface area contributed by atoms with E-state index in [1.807, 2.05) is 0 Å². The summed E-state index contributed by atoms with van der Waals surface area (Å²) < 4.78 is 42.0. The highest BCUT2D eigenvalue weighted by Gasteiger charge is 2.20. The third-order valence-electron chi connectivity index (χ3n) is 4.06. The average molecular weight is 471 g/mol. The molecule has 2 N–H and O–H groups in total. The number of carbonyl (C=O) groups excluding carboxylic acids is 2. The van der Waals surface area contributed by atoms with Crippen molar-refractivity contribution < 1.29 is 32.2 Å². The molecule has 0 fully saturated rings. The Hall–Kier alpha value is -2.82. The first-order valence-electron chi connectivity index (χ1n) is 9.14. The number of nitrogens with one attached hydrogen (secondary N) is 2. The maximum absolute atomic E-state index is 12.3. The summed E-state index contributed by atoms with van der Waals surface area (Å²) >= 11 is 5.79. The van der Waals surface area contributed by atoms with Gasteiger partial charge in [-0.1, -0.05) is 17.7 Å². The van der Waals surface area contributed by atoms with Gasteiger partial charge in [0, 0.05) is 23.3 Å². The maximum atomic E-state index is 12.3. The van der Waals surface area contributed by atoms with Gasteiger partial charge in [-0.15, -0.1) is 0 Å². The van der Waals surface area contributed by atoms with Gasteiger partial charge in [0.1, 0.15) is 0 Å². The molecular weight excluding hydrogens is 448 g/mol. The molecule has 1 amide bonds. The summed E-state index contributed by atoms with van der Waals surface area (Å²) in [4.78, 5) is 24.2. The normalized spacial score (nSPS) is 12.0. The molecule has 0 aliphatic heterocycles. The third kappa shape index (κ3) is 7.12. The van der Waals surface area contributed by atoms with Gasteiger partial charge >= 0.3 is 5.97 Å². The lowest BCUT2D eigenvalue weighted by Crippen LogP contribution is -2.32. The van der Waals surface area contributed by atoms with Gasteiger partial charge in [-0.05, 0) is 37.3 Å². The van der Waals surface area contributed by atoms with Crippen molar-refractivity contribution in [1.29, 1.82) is 0 Å². The molecule has 0 radical (unpaired) electrons. The average Bonchev–Trinajstić information content (AvgIpc) is 2.73. The Kier molecular flexibility index (Phi) is 8.66. The Balaban J connectivity index is 1.84. The van der Waals surface area contributed by atoms with E-state index in [0.29, 0.717) is 17.2 Å². The predicted octanol–water partition coefficient (Wildman–Crippen LogP) is 2.60. The molecule has 0 aromatic heterocycles. The van der Waals surface area contributed by atoms with E-state index in [9.17, 15) is 18.0 Å². The summed E-state index contributed by atoms with van der Waals surface area (Å²) in [6, 6.07) is 10.5. The van der Waals surface area contributed by atoms with Crippen molar-refractivity contribution in [2.24, 2.45) is 0 Å². The van der Waals surface area contributed by atoms with Crippen molar-refractivity contribution in [3.05, 3.63) is 47.5 Å². The number of amides is 1. The van der Waals surface area contributed by atoms with Crippen molar-refractivity contribution in [2.45, 2.75) is 24.3 Å². The molecule has 2 rings (SSSR count). The molecule has 31 heavy (non-hydrogen) atoms. The SMILES string of the molecule is COc1ccc(NC(=O)C(C)OC(=O)CCNS(=O)(=O)c2cccc(Cl)c2)cc1OC. The van der Waals surface area contributed by atoms with Crippen LogP contribution in [0.1, 0.15) is 13.3 Å². The molecule has 168 valence electrons. The Morgan fingerprint density at radius 3 is 2.42 bits per heavy atom. The number of methoxy groups -OCH3 is 2. The zero-order chi connectivity index (χ0) is 23.0. The van der Waals surface area contributed by atoms with Crippen LogP contribution in [0, 0.1) is 0 Å². The second kappa shape index (κ2) is 11.0. The molecule has 0 aliphatic rings. The van der Waals surface area contributed by atoms with E-state index in [-0.39, 0.29) is 22.9 Å². The van der Waals surface area contributed by atoms with Crippen LogP contribution in [-0.4, -0.2) is 47.2 Å². The van der Waals surface area contributed by atoms with Gasteiger partial charge in [0.05, 0.1) is 25.5 Å². The molecule has 1 atom stereocenters. The number of anilines is 1. The minimum absolute atomic E-state index is 0.0176. The fourth-order valence-corrected chi connectivity index (χ4v) is 3.80. The van der Waals surface area contributed by atoms with Crippen LogP contribution >= 0.6 is 11.6 Å². The smallest absolute Gasteiger partial charge is 0.307 e. The number of carbonyl (C=O) groups is 2. The van der Waals surface area contributed by atoms with E-state index in [2.05, 4.69) is 10.0 Å². The van der Waals surface area contributed by atoms with Crippen LogP contribution in [0.3, 0.4) is 0 Å². The first-order chi connectivity index (χ1) is 14.7. The van der Waals surface area contributed by atoms with Gasteiger partial charge in [-0.25, -0.2) is 13.1 Å². The maximum Gasteiger partial charge on any atom is 0.307 e. The highest BCUT2D eigenvalue weighted by Crippen LogP contribution is 2.29. The lowest BCUT2D eigenvalue weighted by molar-refractivity contribution is -0.152. The lowest BCUT2D eigenvalue weighted by Gasteiger charge is -2.15. The van der Waals surface area contributed by atoms with Gasteiger partial charge in [0.15, 0.2) is 17.6 Å². The summed E-state index contributed by atoms with van der Waals surface area (Å²) in [6.45, 7) is 1.21. The van der Waals surface area contributed by atoms with E-state index < -0.39 is 28.0 Å². The number of esters is 1. The molecule has 2 aromatic rings. The fraction of sp³-hybridized carbons (Fsp3) is 0.300. The molecule has 11 heteroatoms. The third-order valence-corrected chi connectivity index (χ3v) is 5.75. The van der Waals surface area contributed by atoms with Crippen LogP contribution in [0.2, 0.25) is 5.02 Å². The van der Waals surface area contributed by atoms with Gasteiger partial charge in [-0.2, -0.15) is 0 Å². The van der Waals surface area contributed by atoms with Crippen molar-refractivity contribution >= 4 is 39.2 Å². The zero-order valence-corrected chi connectivity index (χ0v) is 18.7. The Morgan fingerprint density at radius 1 is 1.06 bits per heavy atom. The van der Waals surface area contributed by atoms with Gasteiger partial charge in [-0.3, -0.25) is 9.59 Å². The molecule has 2 aromatic carbocycles. The number of halogens is 1. The van der Waals surface area contributed by atoms with Crippen LogP contribution in [0.4, 0.5) is 5.69 Å². The number of hydrogen-bond acceptors (Lipinski definition) is 7. The monoisotopic (exact) mass is 470 g/mol. The number of ether oxygens (including phenoxy) is 3. The van der Waals surface area contributed by atoms with Crippen LogP contribution < -0.4 is 19.5 Å². The first-order valence-corrected chi connectivity index (χ1v) is 11.0. The van der Waals surface area contributed by atoms with Crippen LogP contribution in [0.25, 0.3) is 0 Å². The fourth-order valence-electron chi connectivity index (χ4n) is 2.47. The zero-order valence-electron chi connectivity index (χ0n) is 17.2. The Bertz CT molecular complexity index is 1040. The minimum atomic E-state index is -3.82. The summed E-state index contributed by atoms with van der Waals surface area (Å²) in [5, 5.41) is 2.88. The first kappa shape index (κ1) is 24.4. The molecule has 1 unspecified atom stereocenters. The molecule has 0 spiro atoms. The standard InChI is InChI=1S/C20H23ClN2O7S/c1-13(20(25)23-15-7-8-17(28-2)18(12-15)29-3)30-19(24)9-10-22-31(26,27)16-6-4-5-14(21)11-16/h4-8,11-13,22H,9-10H2,1-3H3,(H,23,25). The highest BCUT2D eigenvalue weighted by atomic mass is 35.5. The number of benzene rings is 2. The van der Waals surface area contributed by atoms with Crippen LogP contribution in [0.5, 0.6) is 11.5 Å². The number of rotatable bonds is 10. The molecule has 0 aliphatic carbocycles. The van der Waals surface area contributed by atoms with Crippen molar-refractivity contribution in [3.63, 3.8) is 0 Å². The van der Waals surface area contributed by atoms with Crippen molar-refractivity contribution in [1.82, 2.24) is 4.72 Å². The van der Waals surface area contributed by atoms with Gasteiger partial charge in [0.2, 0.25) is 10.0 Å². The van der Waals surface area contributed by atoms with E-state index in [4.69, 9.17) is 25.8 Å². The van der Waals surface area contributed by atoms with Crippen molar-refractivity contribution in [2.75, 3.05) is 26.1 Å². The molecule has 0 heterocycles. The Morgan fingerprint density at radius 2 is 1.77 bits per heavy atom. The largest absolute Gasteiger partial charge is 0.493 e. The highest BCUT2D eigenvalue weighted by molar-refractivity contribution is 7.89. The van der Waals surface area contributed by atoms with Gasteiger partial charge < -0.3 is 19.5 Å². The van der Waals surface area contributed by atoms with E-state index in [1.165, 1.54) is 39.3 Å². The quantitative estimate of drug-likeness (QED) is 0.512.